The molecule has 5 rings (SSSR count). The van der Waals surface area contributed by atoms with Gasteiger partial charge in [0.1, 0.15) is 0 Å². The first-order valence-electron chi connectivity index (χ1n) is 10.6. The first-order valence-corrected chi connectivity index (χ1v) is 13.3. The summed E-state index contributed by atoms with van der Waals surface area (Å²) in [5.41, 5.74) is 2.47. The number of thiazole rings is 1. The van der Waals surface area contributed by atoms with E-state index in [1.807, 2.05) is 18.2 Å². The van der Waals surface area contributed by atoms with Gasteiger partial charge in [-0.05, 0) is 54.4 Å². The number of hydrogen-bond donors (Lipinski definition) is 1. The Kier molecular flexibility index (Phi) is 5.93. The number of aromatic nitrogens is 1. The molecule has 34 heavy (non-hydrogen) atoms. The molecule has 0 bridgehead atoms. The minimum atomic E-state index is -3.91. The molecule has 3 aromatic carbocycles. The molecule has 1 aliphatic heterocycles. The van der Waals surface area contributed by atoms with Crippen molar-refractivity contribution in [2.45, 2.75) is 24.3 Å². The van der Waals surface area contributed by atoms with Crippen LogP contribution in [0.25, 0.3) is 10.2 Å². The molecule has 0 saturated carbocycles. The summed E-state index contributed by atoms with van der Waals surface area (Å²) in [5, 5.41) is 0.565. The molecule has 1 fully saturated rings. The predicted molar refractivity (Wildman–Crippen MR) is 135 cm³/mol. The fourth-order valence-corrected chi connectivity index (χ4v) is 6.31. The van der Waals surface area contributed by atoms with Crippen molar-refractivity contribution in [3.63, 3.8) is 0 Å². The molecule has 1 saturated heterocycles. The number of nitrogens with one attached hydrogen (secondary N) is 1. The number of carbonyl (C=O) groups is 1. The van der Waals surface area contributed by atoms with Crippen molar-refractivity contribution < 1.29 is 13.2 Å². The van der Waals surface area contributed by atoms with E-state index in [1.165, 1.54) is 12.1 Å². The highest BCUT2D eigenvalue weighted by Gasteiger charge is 2.23. The van der Waals surface area contributed by atoms with Gasteiger partial charge in [0.25, 0.3) is 10.0 Å². The lowest BCUT2D eigenvalue weighted by Crippen LogP contribution is -2.23. The van der Waals surface area contributed by atoms with Gasteiger partial charge < -0.3 is 4.90 Å². The van der Waals surface area contributed by atoms with Crippen LogP contribution in [-0.4, -0.2) is 25.4 Å². The van der Waals surface area contributed by atoms with Crippen molar-refractivity contribution >= 4 is 60.5 Å². The number of benzene rings is 3. The van der Waals surface area contributed by atoms with Crippen molar-refractivity contribution in [3.05, 3.63) is 87.0 Å². The number of hydrogen-bond acceptors (Lipinski definition) is 5. The number of nitrogens with zero attached hydrogens (tertiary/aromatic N) is 2. The second-order valence-corrected chi connectivity index (χ2v) is 11.1. The predicted octanol–water partition coefficient (Wildman–Crippen LogP) is 4.69. The maximum atomic E-state index is 13.1. The largest absolute Gasteiger partial charge is 0.312 e. The van der Waals surface area contributed by atoms with E-state index in [9.17, 15) is 18.0 Å². The Morgan fingerprint density at radius 2 is 1.82 bits per heavy atom. The van der Waals surface area contributed by atoms with Crippen molar-refractivity contribution in [2.24, 2.45) is 0 Å². The van der Waals surface area contributed by atoms with E-state index in [0.29, 0.717) is 46.1 Å². The van der Waals surface area contributed by atoms with Gasteiger partial charge in [0.05, 0.1) is 27.3 Å². The van der Waals surface area contributed by atoms with Gasteiger partial charge in [0.2, 0.25) is 5.91 Å². The van der Waals surface area contributed by atoms with Gasteiger partial charge in [-0.15, -0.1) is 0 Å². The summed E-state index contributed by atoms with van der Waals surface area (Å²) >= 11 is 7.23. The van der Waals surface area contributed by atoms with Crippen LogP contribution < -0.4 is 14.5 Å². The van der Waals surface area contributed by atoms with Crippen LogP contribution >= 0.6 is 22.9 Å². The second-order valence-electron chi connectivity index (χ2n) is 7.98. The third-order valence-electron chi connectivity index (χ3n) is 5.72. The number of fused-ring (bicyclic) bond motifs is 1. The lowest BCUT2D eigenvalue weighted by molar-refractivity contribution is -0.117. The molecule has 1 aromatic heterocycles. The zero-order valence-corrected chi connectivity index (χ0v) is 20.3. The number of halogens is 1. The number of carbonyl (C=O) groups excluding carboxylic acids is 1. The van der Waals surface area contributed by atoms with Crippen LogP contribution in [0.15, 0.2) is 76.4 Å². The van der Waals surface area contributed by atoms with E-state index in [4.69, 9.17) is 11.6 Å². The van der Waals surface area contributed by atoms with Crippen molar-refractivity contribution in [1.29, 1.82) is 0 Å². The molecule has 2 heterocycles. The van der Waals surface area contributed by atoms with Crippen LogP contribution in [0, 0.1) is 0 Å². The average Bonchev–Trinajstić information content (AvgIpc) is 3.37. The van der Waals surface area contributed by atoms with Gasteiger partial charge in [-0.1, -0.05) is 47.2 Å². The Morgan fingerprint density at radius 3 is 2.59 bits per heavy atom. The van der Waals surface area contributed by atoms with Gasteiger partial charge in [-0.2, -0.15) is 0 Å². The molecule has 1 aliphatic rings. The Balaban J connectivity index is 1.43. The molecule has 0 radical (unpaired) electrons. The highest BCUT2D eigenvalue weighted by Crippen LogP contribution is 2.28. The standard InChI is InChI=1S/C24H20ClN3O4S2/c25-20-8-2-1-5-16(20)15-28-21-11-10-19(14-22(21)33-24(28)30)34(31,32)26-17-6-3-7-18(13-17)27-12-4-9-23(27)29/h1-3,5-8,10-11,13-14,26H,4,9,12,15H2. The van der Waals surface area contributed by atoms with Crippen LogP contribution in [0.5, 0.6) is 0 Å². The van der Waals surface area contributed by atoms with Gasteiger partial charge in [-0.3, -0.25) is 18.9 Å². The molecule has 0 spiro atoms. The van der Waals surface area contributed by atoms with Crippen LogP contribution in [-0.2, 0) is 21.4 Å². The van der Waals surface area contributed by atoms with Gasteiger partial charge >= 0.3 is 4.87 Å². The zero-order chi connectivity index (χ0) is 23.9. The third-order valence-corrected chi connectivity index (χ3v) is 8.41. The van der Waals surface area contributed by atoms with E-state index < -0.39 is 10.0 Å². The van der Waals surface area contributed by atoms with E-state index in [2.05, 4.69) is 4.72 Å². The Labute approximate surface area is 205 Å². The maximum absolute atomic E-state index is 13.1. The van der Waals surface area contributed by atoms with Crippen molar-refractivity contribution in [1.82, 2.24) is 4.57 Å². The Bertz CT molecular complexity index is 1580. The van der Waals surface area contributed by atoms with Crippen LogP contribution in [0.2, 0.25) is 5.02 Å². The minimum absolute atomic E-state index is 0.0293. The molecule has 174 valence electrons. The first-order chi connectivity index (χ1) is 16.3. The molecule has 4 aromatic rings. The van der Waals surface area contributed by atoms with Crippen LogP contribution in [0.3, 0.4) is 0 Å². The lowest BCUT2D eigenvalue weighted by atomic mass is 10.2. The number of amides is 1. The molecule has 10 heteroatoms. The summed E-state index contributed by atoms with van der Waals surface area (Å²) < 4.78 is 30.9. The Hall–Kier alpha value is -3.14. The van der Waals surface area contributed by atoms with Gasteiger partial charge in [0, 0.05) is 23.7 Å². The fourth-order valence-electron chi connectivity index (χ4n) is 4.03. The smallest absolute Gasteiger partial charge is 0.308 e. The molecule has 1 amide bonds. The summed E-state index contributed by atoms with van der Waals surface area (Å²) in [6.07, 6.45) is 1.28. The number of rotatable bonds is 6. The SMILES string of the molecule is O=C1CCCN1c1cccc(NS(=O)(=O)c2ccc3c(c2)sc(=O)n3Cc2ccccc2Cl)c1. The average molecular weight is 514 g/mol. The summed E-state index contributed by atoms with van der Waals surface area (Å²) in [6.45, 7) is 0.917. The molecular weight excluding hydrogens is 494 g/mol. The quantitative estimate of drug-likeness (QED) is 0.405. The van der Waals surface area contributed by atoms with Crippen LogP contribution in [0.1, 0.15) is 18.4 Å². The molecule has 0 unspecified atom stereocenters. The van der Waals surface area contributed by atoms with Crippen molar-refractivity contribution in [2.75, 3.05) is 16.2 Å². The van der Waals surface area contributed by atoms with E-state index in [-0.39, 0.29) is 15.7 Å². The molecule has 7 nitrogen and oxygen atoms in total. The summed E-state index contributed by atoms with van der Waals surface area (Å²) in [4.78, 5) is 26.2. The number of sulfonamides is 1. The molecule has 0 aliphatic carbocycles. The van der Waals surface area contributed by atoms with Gasteiger partial charge in [-0.25, -0.2) is 8.42 Å². The molecule has 1 N–H and O–H groups in total. The second kappa shape index (κ2) is 8.90. The summed E-state index contributed by atoms with van der Waals surface area (Å²) in [6, 6.07) is 18.7. The van der Waals surface area contributed by atoms with E-state index >= 15 is 0 Å². The highest BCUT2D eigenvalue weighted by atomic mass is 35.5. The third kappa shape index (κ3) is 4.34. The fraction of sp³-hybridized carbons (Fsp3) is 0.167. The lowest BCUT2D eigenvalue weighted by Gasteiger charge is -2.17. The van der Waals surface area contributed by atoms with Gasteiger partial charge in [0.15, 0.2) is 0 Å². The van der Waals surface area contributed by atoms with Crippen molar-refractivity contribution in [3.8, 4) is 0 Å². The maximum Gasteiger partial charge on any atom is 0.308 e. The van der Waals surface area contributed by atoms with Crippen LogP contribution in [0.4, 0.5) is 11.4 Å². The minimum Gasteiger partial charge on any atom is -0.312 e. The zero-order valence-electron chi connectivity index (χ0n) is 17.9. The van der Waals surface area contributed by atoms with E-state index in [0.717, 1.165) is 23.3 Å². The highest BCUT2D eigenvalue weighted by molar-refractivity contribution is 7.92. The summed E-state index contributed by atoms with van der Waals surface area (Å²) in [7, 11) is -3.91. The summed E-state index contributed by atoms with van der Waals surface area (Å²) in [5.74, 6) is 0.0293. The topological polar surface area (TPSA) is 88.5 Å². The first kappa shape index (κ1) is 22.6. The number of anilines is 2. The van der Waals surface area contributed by atoms with E-state index in [1.54, 1.807) is 45.9 Å². The Morgan fingerprint density at radius 1 is 1.00 bits per heavy atom. The normalized spacial score (nSPS) is 14.1. The monoisotopic (exact) mass is 513 g/mol. The molecular formula is C24H20ClN3O4S2. The molecule has 0 atom stereocenters.